The van der Waals surface area contributed by atoms with Crippen LogP contribution in [0.4, 0.5) is 0 Å². The lowest BCUT2D eigenvalue weighted by atomic mass is 9.87. The lowest BCUT2D eigenvalue weighted by Gasteiger charge is -2.31. The van der Waals surface area contributed by atoms with Crippen molar-refractivity contribution >= 4 is 5.91 Å². The van der Waals surface area contributed by atoms with Crippen LogP contribution in [-0.4, -0.2) is 36.0 Å². The highest BCUT2D eigenvalue weighted by Crippen LogP contribution is 2.37. The van der Waals surface area contributed by atoms with Gasteiger partial charge in [-0.05, 0) is 38.0 Å². The summed E-state index contributed by atoms with van der Waals surface area (Å²) >= 11 is 0. The molecule has 0 bridgehead atoms. The Morgan fingerprint density at radius 1 is 1.29 bits per heavy atom. The molecule has 1 N–H and O–H groups in total. The third kappa shape index (κ3) is 2.82. The molecule has 0 aromatic heterocycles. The average Bonchev–Trinajstić information content (AvgIpc) is 2.88. The SMILES string of the molecule is CC(NC1CCCC1(C)C)C(=O)N1CCCC1. The molecule has 17 heavy (non-hydrogen) atoms. The Balaban J connectivity index is 1.87. The number of likely N-dealkylation sites (tertiary alicyclic amines) is 1. The third-order valence-corrected chi connectivity index (χ3v) is 4.50. The van der Waals surface area contributed by atoms with Gasteiger partial charge in [0.1, 0.15) is 0 Å². The first-order chi connectivity index (χ1) is 8.00. The number of rotatable bonds is 3. The fourth-order valence-corrected chi connectivity index (χ4v) is 3.22. The molecule has 1 saturated carbocycles. The van der Waals surface area contributed by atoms with Crippen LogP contribution >= 0.6 is 0 Å². The Labute approximate surface area is 105 Å². The van der Waals surface area contributed by atoms with Gasteiger partial charge in [0, 0.05) is 19.1 Å². The Kier molecular flexibility index (Phi) is 3.76. The second-order valence-electron chi connectivity index (χ2n) is 6.35. The van der Waals surface area contributed by atoms with Gasteiger partial charge in [-0.1, -0.05) is 20.3 Å². The van der Waals surface area contributed by atoms with E-state index in [4.69, 9.17) is 0 Å². The summed E-state index contributed by atoms with van der Waals surface area (Å²) in [6.45, 7) is 8.56. The molecule has 0 aromatic rings. The van der Waals surface area contributed by atoms with Crippen LogP contribution in [0.2, 0.25) is 0 Å². The van der Waals surface area contributed by atoms with Crippen LogP contribution in [0.15, 0.2) is 0 Å². The van der Waals surface area contributed by atoms with Gasteiger partial charge in [-0.25, -0.2) is 0 Å². The van der Waals surface area contributed by atoms with Gasteiger partial charge in [0.05, 0.1) is 6.04 Å². The first-order valence-electron chi connectivity index (χ1n) is 7.05. The highest BCUT2D eigenvalue weighted by Gasteiger charge is 2.36. The molecule has 0 spiro atoms. The second kappa shape index (κ2) is 4.97. The third-order valence-electron chi connectivity index (χ3n) is 4.50. The maximum Gasteiger partial charge on any atom is 0.239 e. The molecular formula is C14H26N2O. The summed E-state index contributed by atoms with van der Waals surface area (Å²) in [5, 5.41) is 3.55. The number of carbonyl (C=O) groups is 1. The molecular weight excluding hydrogens is 212 g/mol. The van der Waals surface area contributed by atoms with Crippen molar-refractivity contribution in [1.29, 1.82) is 0 Å². The number of hydrogen-bond donors (Lipinski definition) is 1. The summed E-state index contributed by atoms with van der Waals surface area (Å²) in [6, 6.07) is 0.486. The van der Waals surface area contributed by atoms with Crippen LogP contribution in [0, 0.1) is 5.41 Å². The summed E-state index contributed by atoms with van der Waals surface area (Å²) in [7, 11) is 0. The molecule has 3 nitrogen and oxygen atoms in total. The number of hydrogen-bond acceptors (Lipinski definition) is 2. The van der Waals surface area contributed by atoms with E-state index in [1.165, 1.54) is 32.1 Å². The molecule has 2 atom stereocenters. The zero-order valence-corrected chi connectivity index (χ0v) is 11.5. The van der Waals surface area contributed by atoms with Crippen molar-refractivity contribution in [3.8, 4) is 0 Å². The number of amides is 1. The molecule has 1 heterocycles. The molecule has 0 radical (unpaired) electrons. The first-order valence-corrected chi connectivity index (χ1v) is 7.05. The first kappa shape index (κ1) is 12.9. The molecule has 98 valence electrons. The molecule has 1 aliphatic heterocycles. The fourth-order valence-electron chi connectivity index (χ4n) is 3.22. The van der Waals surface area contributed by atoms with Crippen LogP contribution in [0.1, 0.15) is 52.9 Å². The van der Waals surface area contributed by atoms with E-state index in [0.29, 0.717) is 17.4 Å². The van der Waals surface area contributed by atoms with Gasteiger partial charge >= 0.3 is 0 Å². The van der Waals surface area contributed by atoms with Gasteiger partial charge in [-0.3, -0.25) is 4.79 Å². The minimum atomic E-state index is -0.0181. The van der Waals surface area contributed by atoms with E-state index in [2.05, 4.69) is 19.2 Å². The minimum Gasteiger partial charge on any atom is -0.341 e. The van der Waals surface area contributed by atoms with E-state index in [1.807, 2.05) is 11.8 Å². The highest BCUT2D eigenvalue weighted by atomic mass is 16.2. The van der Waals surface area contributed by atoms with Crippen molar-refractivity contribution in [3.05, 3.63) is 0 Å². The van der Waals surface area contributed by atoms with E-state index in [-0.39, 0.29) is 6.04 Å². The Bertz CT molecular complexity index is 282. The van der Waals surface area contributed by atoms with Crippen molar-refractivity contribution in [2.45, 2.75) is 65.0 Å². The van der Waals surface area contributed by atoms with Crippen LogP contribution in [0.3, 0.4) is 0 Å². The number of carbonyl (C=O) groups excluding carboxylic acids is 1. The maximum absolute atomic E-state index is 12.2. The van der Waals surface area contributed by atoms with E-state index in [0.717, 1.165) is 13.1 Å². The van der Waals surface area contributed by atoms with E-state index in [1.54, 1.807) is 0 Å². The van der Waals surface area contributed by atoms with Gasteiger partial charge < -0.3 is 10.2 Å². The summed E-state index contributed by atoms with van der Waals surface area (Å²) in [6.07, 6.45) is 6.12. The molecule has 3 heteroatoms. The molecule has 1 aliphatic carbocycles. The number of nitrogens with one attached hydrogen (secondary N) is 1. The van der Waals surface area contributed by atoms with Crippen LogP contribution in [0.25, 0.3) is 0 Å². The maximum atomic E-state index is 12.2. The molecule has 2 rings (SSSR count). The Morgan fingerprint density at radius 2 is 1.94 bits per heavy atom. The van der Waals surface area contributed by atoms with Gasteiger partial charge in [-0.15, -0.1) is 0 Å². The van der Waals surface area contributed by atoms with Crippen molar-refractivity contribution in [3.63, 3.8) is 0 Å². The van der Waals surface area contributed by atoms with Gasteiger partial charge in [0.2, 0.25) is 5.91 Å². The number of nitrogens with zero attached hydrogens (tertiary/aromatic N) is 1. The molecule has 0 aromatic carbocycles. The topological polar surface area (TPSA) is 32.3 Å². The fraction of sp³-hybridized carbons (Fsp3) is 0.929. The highest BCUT2D eigenvalue weighted by molar-refractivity contribution is 5.81. The quantitative estimate of drug-likeness (QED) is 0.817. The van der Waals surface area contributed by atoms with Crippen LogP contribution in [-0.2, 0) is 4.79 Å². The summed E-state index contributed by atoms with van der Waals surface area (Å²) in [4.78, 5) is 14.2. The molecule has 1 saturated heterocycles. The molecule has 2 fully saturated rings. The Hall–Kier alpha value is -0.570. The average molecular weight is 238 g/mol. The van der Waals surface area contributed by atoms with Gasteiger partial charge in [0.25, 0.3) is 0 Å². The van der Waals surface area contributed by atoms with Crippen molar-refractivity contribution in [2.24, 2.45) is 5.41 Å². The largest absolute Gasteiger partial charge is 0.341 e. The second-order valence-corrected chi connectivity index (χ2v) is 6.35. The summed E-state index contributed by atoms with van der Waals surface area (Å²) < 4.78 is 0. The van der Waals surface area contributed by atoms with E-state index >= 15 is 0 Å². The summed E-state index contributed by atoms with van der Waals surface area (Å²) in [5.74, 6) is 0.296. The Morgan fingerprint density at radius 3 is 2.47 bits per heavy atom. The zero-order chi connectivity index (χ0) is 12.5. The van der Waals surface area contributed by atoms with E-state index in [9.17, 15) is 4.79 Å². The zero-order valence-electron chi connectivity index (χ0n) is 11.5. The van der Waals surface area contributed by atoms with Crippen molar-refractivity contribution in [2.75, 3.05) is 13.1 Å². The lowest BCUT2D eigenvalue weighted by molar-refractivity contribution is -0.132. The van der Waals surface area contributed by atoms with Crippen LogP contribution < -0.4 is 5.32 Å². The van der Waals surface area contributed by atoms with Gasteiger partial charge in [-0.2, -0.15) is 0 Å². The standard InChI is InChI=1S/C14H26N2O/c1-11(13(17)16-9-4-5-10-16)15-12-7-6-8-14(12,2)3/h11-12,15H,4-10H2,1-3H3. The smallest absolute Gasteiger partial charge is 0.239 e. The predicted molar refractivity (Wildman–Crippen MR) is 69.8 cm³/mol. The monoisotopic (exact) mass is 238 g/mol. The molecule has 2 unspecified atom stereocenters. The van der Waals surface area contributed by atoms with Crippen molar-refractivity contribution < 1.29 is 4.79 Å². The van der Waals surface area contributed by atoms with E-state index < -0.39 is 0 Å². The molecule has 1 amide bonds. The summed E-state index contributed by atoms with van der Waals surface area (Å²) in [5.41, 5.74) is 0.347. The van der Waals surface area contributed by atoms with Crippen LogP contribution in [0.5, 0.6) is 0 Å². The predicted octanol–water partition coefficient (Wildman–Crippen LogP) is 2.17. The normalized spacial score (nSPS) is 29.6. The van der Waals surface area contributed by atoms with Crippen molar-refractivity contribution in [1.82, 2.24) is 10.2 Å². The molecule has 2 aliphatic rings. The van der Waals surface area contributed by atoms with Gasteiger partial charge in [0.15, 0.2) is 0 Å². The lowest BCUT2D eigenvalue weighted by Crippen LogP contribution is -2.50. The minimum absolute atomic E-state index is 0.0181.